The average molecular weight is 513 g/mol. The molecular formula is C29H22ClFN4S. The summed E-state index contributed by atoms with van der Waals surface area (Å²) in [6.07, 6.45) is 7.32. The fraction of sp³-hybridized carbons (Fsp3) is 0.172. The van der Waals surface area contributed by atoms with Crippen molar-refractivity contribution in [3.05, 3.63) is 105 Å². The highest BCUT2D eigenvalue weighted by Gasteiger charge is 2.28. The number of nitrogens with zero attached hydrogens (tertiary/aromatic N) is 4. The molecule has 1 aliphatic heterocycles. The van der Waals surface area contributed by atoms with Crippen molar-refractivity contribution in [2.24, 2.45) is 21.4 Å². The quantitative estimate of drug-likeness (QED) is 0.238. The molecular weight excluding hydrogens is 491 g/mol. The van der Waals surface area contributed by atoms with Crippen molar-refractivity contribution in [2.45, 2.75) is 19.3 Å². The standard InChI is InChI=1S/C29H22ClFN4S/c30-25-15-22(31)10-12-24(25)29(19-2-1-3-19)28(21-9-13-27-26(14-21)32-17-36-27)20-7-4-18(5-8-20)6-11-23-16-33-35-34-23/h4-15,17,19H,1-3,16H2/b11-6+,29-28+. The van der Waals surface area contributed by atoms with Crippen LogP contribution in [0.5, 0.6) is 0 Å². The van der Waals surface area contributed by atoms with Gasteiger partial charge >= 0.3 is 0 Å². The molecule has 7 heteroatoms. The minimum atomic E-state index is -0.328. The Kier molecular flexibility index (Phi) is 6.30. The predicted molar refractivity (Wildman–Crippen MR) is 147 cm³/mol. The second kappa shape index (κ2) is 9.88. The van der Waals surface area contributed by atoms with Gasteiger partial charge < -0.3 is 0 Å². The topological polar surface area (TPSA) is 50.0 Å². The minimum Gasteiger partial charge on any atom is -0.245 e. The lowest BCUT2D eigenvalue weighted by molar-refractivity contribution is 0.401. The summed E-state index contributed by atoms with van der Waals surface area (Å²) in [5, 5.41) is 12.0. The fourth-order valence-corrected chi connectivity index (χ4v) is 5.65. The summed E-state index contributed by atoms with van der Waals surface area (Å²) in [5.41, 5.74) is 10.1. The smallest absolute Gasteiger partial charge is 0.124 e. The van der Waals surface area contributed by atoms with Gasteiger partial charge in [0.05, 0.1) is 26.5 Å². The number of hydrogen-bond donors (Lipinski definition) is 0. The first-order valence-corrected chi connectivity index (χ1v) is 13.2. The molecule has 0 amide bonds. The number of fused-ring (bicyclic) bond motifs is 1. The number of allylic oxidation sites excluding steroid dienone is 1. The van der Waals surface area contributed by atoms with E-state index in [1.54, 1.807) is 11.3 Å². The van der Waals surface area contributed by atoms with Gasteiger partial charge in [0.25, 0.3) is 0 Å². The summed E-state index contributed by atoms with van der Waals surface area (Å²) < 4.78 is 15.1. The Labute approximate surface area is 217 Å². The molecule has 0 unspecified atom stereocenters. The van der Waals surface area contributed by atoms with Gasteiger partial charge in [-0.1, -0.05) is 60.5 Å². The van der Waals surface area contributed by atoms with Crippen LogP contribution >= 0.6 is 22.9 Å². The van der Waals surface area contributed by atoms with Crippen molar-refractivity contribution in [3.63, 3.8) is 0 Å². The van der Waals surface area contributed by atoms with Gasteiger partial charge in [-0.2, -0.15) is 5.11 Å². The van der Waals surface area contributed by atoms with Gasteiger partial charge in [-0.15, -0.1) is 16.4 Å². The summed E-state index contributed by atoms with van der Waals surface area (Å²) in [6, 6.07) is 19.6. The van der Waals surface area contributed by atoms with Crippen LogP contribution < -0.4 is 0 Å². The van der Waals surface area contributed by atoms with Crippen LogP contribution in [0.3, 0.4) is 0 Å². The Bertz CT molecular complexity index is 1560. The van der Waals surface area contributed by atoms with Crippen LogP contribution in [0.15, 0.2) is 87.7 Å². The number of thiazole rings is 1. The zero-order valence-electron chi connectivity index (χ0n) is 19.4. The van der Waals surface area contributed by atoms with Gasteiger partial charge in [0.1, 0.15) is 12.4 Å². The molecule has 1 saturated carbocycles. The lowest BCUT2D eigenvalue weighted by atomic mass is 9.73. The SMILES string of the molecule is Fc1ccc(/C(=C(\c2ccc(/C=C/C3=NN=NC3)cc2)c2ccc3scnc3c2)C2CCC2)c(Cl)c1. The molecule has 6 rings (SSSR count). The van der Waals surface area contributed by atoms with Gasteiger partial charge in [-0.25, -0.2) is 9.37 Å². The number of aromatic nitrogens is 1. The van der Waals surface area contributed by atoms with Crippen LogP contribution in [-0.2, 0) is 0 Å². The summed E-state index contributed by atoms with van der Waals surface area (Å²) in [7, 11) is 0. The molecule has 36 heavy (non-hydrogen) atoms. The van der Waals surface area contributed by atoms with Crippen molar-refractivity contribution >= 4 is 56.1 Å². The van der Waals surface area contributed by atoms with Crippen molar-refractivity contribution in [2.75, 3.05) is 6.54 Å². The van der Waals surface area contributed by atoms with E-state index in [4.69, 9.17) is 11.6 Å². The predicted octanol–water partition coefficient (Wildman–Crippen LogP) is 8.68. The Morgan fingerprint density at radius 2 is 1.81 bits per heavy atom. The molecule has 0 saturated heterocycles. The number of halogens is 2. The number of rotatable bonds is 6. The fourth-order valence-electron chi connectivity index (χ4n) is 4.72. The lowest BCUT2D eigenvalue weighted by Crippen LogP contribution is -2.15. The minimum absolute atomic E-state index is 0.328. The third kappa shape index (κ3) is 4.54. The first-order valence-electron chi connectivity index (χ1n) is 11.9. The molecule has 1 aliphatic carbocycles. The molecule has 0 radical (unpaired) electrons. The average Bonchev–Trinajstić information content (AvgIpc) is 3.54. The molecule has 4 aromatic rings. The Hall–Kier alpha value is -3.48. The summed E-state index contributed by atoms with van der Waals surface area (Å²) >= 11 is 8.29. The van der Waals surface area contributed by atoms with E-state index in [1.807, 2.05) is 23.7 Å². The van der Waals surface area contributed by atoms with Gasteiger partial charge in [-0.3, -0.25) is 0 Å². The monoisotopic (exact) mass is 512 g/mol. The van der Waals surface area contributed by atoms with E-state index in [2.05, 4.69) is 62.9 Å². The van der Waals surface area contributed by atoms with E-state index >= 15 is 0 Å². The summed E-state index contributed by atoms with van der Waals surface area (Å²) in [5.74, 6) is 0.0345. The highest BCUT2D eigenvalue weighted by atomic mass is 35.5. The zero-order chi connectivity index (χ0) is 24.5. The number of hydrogen-bond acceptors (Lipinski definition) is 5. The highest BCUT2D eigenvalue weighted by molar-refractivity contribution is 7.16. The molecule has 178 valence electrons. The van der Waals surface area contributed by atoms with Crippen LogP contribution in [0.2, 0.25) is 5.02 Å². The van der Waals surface area contributed by atoms with Crippen molar-refractivity contribution in [1.29, 1.82) is 0 Å². The maximum atomic E-state index is 14.0. The zero-order valence-corrected chi connectivity index (χ0v) is 20.9. The molecule has 0 bridgehead atoms. The molecule has 0 atom stereocenters. The second-order valence-corrected chi connectivity index (χ2v) is 10.3. The largest absolute Gasteiger partial charge is 0.245 e. The van der Waals surface area contributed by atoms with Crippen molar-refractivity contribution < 1.29 is 4.39 Å². The van der Waals surface area contributed by atoms with E-state index < -0.39 is 0 Å². The van der Waals surface area contributed by atoms with E-state index in [9.17, 15) is 4.39 Å². The van der Waals surface area contributed by atoms with Gasteiger partial charge in [0.2, 0.25) is 0 Å². The van der Waals surface area contributed by atoms with E-state index in [0.29, 0.717) is 17.5 Å². The third-order valence-corrected chi connectivity index (χ3v) is 7.88. The normalized spacial score (nSPS) is 16.4. The molecule has 4 nitrogen and oxygen atoms in total. The van der Waals surface area contributed by atoms with E-state index in [1.165, 1.54) is 24.1 Å². The van der Waals surface area contributed by atoms with Crippen LogP contribution in [-0.4, -0.2) is 17.2 Å². The lowest BCUT2D eigenvalue weighted by Gasteiger charge is -2.32. The Morgan fingerprint density at radius 3 is 2.53 bits per heavy atom. The molecule has 0 spiro atoms. The van der Waals surface area contributed by atoms with Crippen LogP contribution in [0.1, 0.15) is 41.5 Å². The van der Waals surface area contributed by atoms with Gasteiger partial charge in [-0.05, 0) is 87.7 Å². The van der Waals surface area contributed by atoms with Crippen LogP contribution in [0.25, 0.3) is 27.4 Å². The highest BCUT2D eigenvalue weighted by Crippen LogP contribution is 2.47. The van der Waals surface area contributed by atoms with Gasteiger partial charge in [0.15, 0.2) is 0 Å². The Morgan fingerprint density at radius 1 is 0.972 bits per heavy atom. The first-order chi connectivity index (χ1) is 17.7. The molecule has 2 heterocycles. The molecule has 2 aliphatic rings. The van der Waals surface area contributed by atoms with Crippen LogP contribution in [0, 0.1) is 11.7 Å². The van der Waals surface area contributed by atoms with Gasteiger partial charge in [0, 0.05) is 0 Å². The van der Waals surface area contributed by atoms with E-state index in [-0.39, 0.29) is 5.82 Å². The Balaban J connectivity index is 1.51. The maximum absolute atomic E-state index is 14.0. The first kappa shape index (κ1) is 23.0. The third-order valence-electron chi connectivity index (χ3n) is 6.76. The summed E-state index contributed by atoms with van der Waals surface area (Å²) in [6.45, 7) is 0.518. The van der Waals surface area contributed by atoms with Crippen molar-refractivity contribution in [1.82, 2.24) is 4.98 Å². The molecule has 1 fully saturated rings. The summed E-state index contributed by atoms with van der Waals surface area (Å²) in [4.78, 5) is 4.56. The second-order valence-electron chi connectivity index (χ2n) is 9.01. The maximum Gasteiger partial charge on any atom is 0.124 e. The molecule has 1 aromatic heterocycles. The van der Waals surface area contributed by atoms with Crippen molar-refractivity contribution in [3.8, 4) is 0 Å². The number of benzene rings is 3. The molecule has 3 aromatic carbocycles. The molecule has 0 N–H and O–H groups in total. The van der Waals surface area contributed by atoms with Crippen LogP contribution in [0.4, 0.5) is 4.39 Å². The van der Waals surface area contributed by atoms with E-state index in [0.717, 1.165) is 56.6 Å².